The van der Waals surface area contributed by atoms with Crippen molar-refractivity contribution in [3.63, 3.8) is 0 Å². The van der Waals surface area contributed by atoms with E-state index in [1.54, 1.807) is 0 Å². The molecular formula is C17H20ClN3OS. The molecule has 2 heterocycles. The molecule has 0 saturated heterocycles. The van der Waals surface area contributed by atoms with Gasteiger partial charge in [0.15, 0.2) is 0 Å². The van der Waals surface area contributed by atoms with Crippen molar-refractivity contribution in [3.05, 3.63) is 45.7 Å². The van der Waals surface area contributed by atoms with Gasteiger partial charge in [0.1, 0.15) is 0 Å². The molecule has 23 heavy (non-hydrogen) atoms. The number of hydrogen-bond donors (Lipinski definition) is 1. The minimum Gasteiger partial charge on any atom is -0.349 e. The highest BCUT2D eigenvalue weighted by molar-refractivity contribution is 7.99. The number of amides is 1. The number of carbonyl (C=O) groups is 1. The highest BCUT2D eigenvalue weighted by Gasteiger charge is 2.23. The third-order valence-corrected chi connectivity index (χ3v) is 5.70. The molecule has 1 amide bonds. The molecule has 0 aliphatic carbocycles. The van der Waals surface area contributed by atoms with E-state index < -0.39 is 0 Å². The third-order valence-electron chi connectivity index (χ3n) is 4.34. The molecule has 1 aliphatic heterocycles. The summed E-state index contributed by atoms with van der Waals surface area (Å²) in [5, 5.41) is 8.25. The Labute approximate surface area is 145 Å². The topological polar surface area (TPSA) is 46.9 Å². The van der Waals surface area contributed by atoms with Crippen LogP contribution in [0.25, 0.3) is 0 Å². The molecule has 1 aromatic heterocycles. The van der Waals surface area contributed by atoms with Crippen LogP contribution >= 0.6 is 23.4 Å². The Balaban J connectivity index is 1.75. The van der Waals surface area contributed by atoms with Crippen LogP contribution in [0, 0.1) is 13.8 Å². The Morgan fingerprint density at radius 2 is 2.26 bits per heavy atom. The Hall–Kier alpha value is -1.46. The molecule has 0 fully saturated rings. The first-order valence-electron chi connectivity index (χ1n) is 7.66. The van der Waals surface area contributed by atoms with Crippen LogP contribution in [-0.2, 0) is 18.3 Å². The van der Waals surface area contributed by atoms with E-state index in [1.807, 2.05) is 55.5 Å². The van der Waals surface area contributed by atoms with E-state index in [0.717, 1.165) is 34.7 Å². The van der Waals surface area contributed by atoms with Crippen LogP contribution in [0.2, 0.25) is 5.02 Å². The lowest BCUT2D eigenvalue weighted by Crippen LogP contribution is -2.32. The van der Waals surface area contributed by atoms with E-state index in [1.165, 1.54) is 4.90 Å². The van der Waals surface area contributed by atoms with Crippen molar-refractivity contribution in [2.45, 2.75) is 37.6 Å². The molecule has 0 saturated carbocycles. The van der Waals surface area contributed by atoms with Gasteiger partial charge >= 0.3 is 0 Å². The van der Waals surface area contributed by atoms with E-state index in [-0.39, 0.29) is 11.9 Å². The van der Waals surface area contributed by atoms with Crippen molar-refractivity contribution in [1.82, 2.24) is 15.1 Å². The van der Waals surface area contributed by atoms with E-state index in [4.69, 9.17) is 11.6 Å². The average Bonchev–Trinajstić information content (AvgIpc) is 2.74. The summed E-state index contributed by atoms with van der Waals surface area (Å²) in [5.41, 5.74) is 4.10. The van der Waals surface area contributed by atoms with Gasteiger partial charge in [0.2, 0.25) is 5.91 Å². The minimum absolute atomic E-state index is 0.0343. The Morgan fingerprint density at radius 3 is 2.96 bits per heavy atom. The van der Waals surface area contributed by atoms with Crippen molar-refractivity contribution >= 4 is 29.3 Å². The molecule has 1 aromatic carbocycles. The predicted molar refractivity (Wildman–Crippen MR) is 94.1 cm³/mol. The van der Waals surface area contributed by atoms with Crippen LogP contribution in [0.15, 0.2) is 23.1 Å². The number of nitrogens with one attached hydrogen (secondary N) is 1. The number of aromatic nitrogens is 2. The van der Waals surface area contributed by atoms with Gasteiger partial charge in [0.25, 0.3) is 0 Å². The first-order valence-corrected chi connectivity index (χ1v) is 9.02. The highest BCUT2D eigenvalue weighted by Crippen LogP contribution is 2.37. The molecule has 1 atom stereocenters. The predicted octanol–water partition coefficient (Wildman–Crippen LogP) is 3.59. The summed E-state index contributed by atoms with van der Waals surface area (Å²) in [6.07, 6.45) is 1.29. The van der Waals surface area contributed by atoms with Crippen LogP contribution < -0.4 is 5.32 Å². The number of benzene rings is 1. The molecule has 1 unspecified atom stereocenters. The van der Waals surface area contributed by atoms with Gasteiger partial charge in [-0.3, -0.25) is 9.48 Å². The summed E-state index contributed by atoms with van der Waals surface area (Å²) in [6, 6.07) is 5.94. The van der Waals surface area contributed by atoms with E-state index >= 15 is 0 Å². The second-order valence-electron chi connectivity index (χ2n) is 5.89. The summed E-state index contributed by atoms with van der Waals surface area (Å²) < 4.78 is 1.82. The molecule has 6 heteroatoms. The van der Waals surface area contributed by atoms with E-state index in [9.17, 15) is 4.79 Å². The van der Waals surface area contributed by atoms with E-state index in [2.05, 4.69) is 10.4 Å². The maximum Gasteiger partial charge on any atom is 0.225 e. The maximum atomic E-state index is 12.5. The lowest BCUT2D eigenvalue weighted by molar-refractivity contribution is -0.121. The van der Waals surface area contributed by atoms with Crippen LogP contribution in [0.4, 0.5) is 0 Å². The van der Waals surface area contributed by atoms with Gasteiger partial charge in [0, 0.05) is 34.0 Å². The summed E-state index contributed by atoms with van der Waals surface area (Å²) >= 11 is 7.94. The van der Waals surface area contributed by atoms with Gasteiger partial charge in [-0.15, -0.1) is 11.8 Å². The number of nitrogens with zero attached hydrogens (tertiary/aromatic N) is 2. The summed E-state index contributed by atoms with van der Waals surface area (Å²) in [7, 11) is 1.90. The molecule has 0 bridgehead atoms. The van der Waals surface area contributed by atoms with Crippen LogP contribution in [0.1, 0.15) is 35.0 Å². The molecule has 2 aromatic rings. The first kappa shape index (κ1) is 16.4. The fourth-order valence-corrected chi connectivity index (χ4v) is 4.28. The normalized spacial score (nSPS) is 17.0. The van der Waals surface area contributed by atoms with Gasteiger partial charge in [-0.2, -0.15) is 5.10 Å². The van der Waals surface area contributed by atoms with Crippen molar-refractivity contribution in [1.29, 1.82) is 0 Å². The number of hydrogen-bond acceptors (Lipinski definition) is 3. The SMILES string of the molecule is Cc1nn(C)c(C)c1CC(=O)NC1CCSc2ccc(Cl)cc21. The fourth-order valence-electron chi connectivity index (χ4n) is 2.99. The molecule has 1 aliphatic rings. The number of fused-ring (bicyclic) bond motifs is 1. The fraction of sp³-hybridized carbons (Fsp3) is 0.412. The monoisotopic (exact) mass is 349 g/mol. The largest absolute Gasteiger partial charge is 0.349 e. The van der Waals surface area contributed by atoms with Crippen molar-refractivity contribution < 1.29 is 4.79 Å². The molecule has 3 rings (SSSR count). The number of halogens is 1. The number of carbonyl (C=O) groups excluding carboxylic acids is 1. The smallest absolute Gasteiger partial charge is 0.225 e. The van der Waals surface area contributed by atoms with Gasteiger partial charge in [-0.05, 0) is 44.0 Å². The van der Waals surface area contributed by atoms with Crippen LogP contribution in [0.3, 0.4) is 0 Å². The van der Waals surface area contributed by atoms with Crippen LogP contribution in [0.5, 0.6) is 0 Å². The summed E-state index contributed by atoms with van der Waals surface area (Å²) in [6.45, 7) is 3.94. The van der Waals surface area contributed by atoms with Crippen molar-refractivity contribution in [3.8, 4) is 0 Å². The third kappa shape index (κ3) is 3.40. The average molecular weight is 350 g/mol. The summed E-state index contributed by atoms with van der Waals surface area (Å²) in [4.78, 5) is 13.7. The zero-order valence-electron chi connectivity index (χ0n) is 13.5. The number of thioether (sulfide) groups is 1. The molecule has 1 N–H and O–H groups in total. The lowest BCUT2D eigenvalue weighted by Gasteiger charge is -2.26. The first-order chi connectivity index (χ1) is 11.0. The van der Waals surface area contributed by atoms with Crippen molar-refractivity contribution in [2.24, 2.45) is 7.05 Å². The van der Waals surface area contributed by atoms with Gasteiger partial charge in [-0.1, -0.05) is 11.6 Å². The van der Waals surface area contributed by atoms with Gasteiger partial charge in [0.05, 0.1) is 18.2 Å². The number of rotatable bonds is 3. The lowest BCUT2D eigenvalue weighted by atomic mass is 10.0. The Bertz CT molecular complexity index is 757. The quantitative estimate of drug-likeness (QED) is 0.921. The van der Waals surface area contributed by atoms with Crippen LogP contribution in [-0.4, -0.2) is 21.4 Å². The van der Waals surface area contributed by atoms with Gasteiger partial charge < -0.3 is 5.32 Å². The Morgan fingerprint density at radius 1 is 1.48 bits per heavy atom. The molecular weight excluding hydrogens is 330 g/mol. The second-order valence-corrected chi connectivity index (χ2v) is 7.46. The standard InChI is InChI=1S/C17H20ClN3OS/c1-10-13(11(2)21(3)20-10)9-17(22)19-15-6-7-23-16-5-4-12(18)8-14(15)16/h4-5,8,15H,6-7,9H2,1-3H3,(H,19,22). The molecule has 0 radical (unpaired) electrons. The Kier molecular flexibility index (Phi) is 4.69. The molecule has 0 spiro atoms. The van der Waals surface area contributed by atoms with E-state index in [0.29, 0.717) is 11.4 Å². The zero-order chi connectivity index (χ0) is 16.6. The summed E-state index contributed by atoms with van der Waals surface area (Å²) in [5.74, 6) is 1.04. The highest BCUT2D eigenvalue weighted by atomic mass is 35.5. The zero-order valence-corrected chi connectivity index (χ0v) is 15.1. The number of aryl methyl sites for hydroxylation is 2. The van der Waals surface area contributed by atoms with Gasteiger partial charge in [-0.25, -0.2) is 0 Å². The second kappa shape index (κ2) is 6.57. The maximum absolute atomic E-state index is 12.5. The minimum atomic E-state index is 0.0343. The molecule has 122 valence electrons. The molecule has 4 nitrogen and oxygen atoms in total. The van der Waals surface area contributed by atoms with Crippen molar-refractivity contribution in [2.75, 3.05) is 5.75 Å².